The summed E-state index contributed by atoms with van der Waals surface area (Å²) < 4.78 is 11.7. The minimum atomic E-state index is -0.306. The third-order valence-corrected chi connectivity index (χ3v) is 8.80. The summed E-state index contributed by atoms with van der Waals surface area (Å²) >= 11 is 0. The highest BCUT2D eigenvalue weighted by Gasteiger charge is 2.32. The SMILES string of the molecule is CCCC(CCC)C1CCNC(COc2cc(O)cc(O)c2C(=O)N2Cc3cccc(NC4CCOC4)c3C2)C1. The standard InChI is InChI=1S/C32H45N3O5/c1-3-6-21(7-4-2)22-10-12-33-25(14-22)20-40-30-16-26(36)15-29(37)31(30)32(38)35-17-23-8-5-9-28(27(23)18-35)34-24-11-13-39-19-24/h5,8-9,15-16,21-22,24-25,33-34,36-37H,3-4,6-7,10-14,17-20H2,1-2H3. The zero-order valence-corrected chi connectivity index (χ0v) is 24.0. The molecule has 8 nitrogen and oxygen atoms in total. The Balaban J connectivity index is 1.28. The van der Waals surface area contributed by atoms with E-state index in [1.165, 1.54) is 44.2 Å². The number of anilines is 1. The first-order valence-electron chi connectivity index (χ1n) is 15.1. The molecule has 40 heavy (non-hydrogen) atoms. The maximum absolute atomic E-state index is 13.8. The van der Waals surface area contributed by atoms with Crippen molar-refractivity contribution in [3.05, 3.63) is 47.0 Å². The third-order valence-electron chi connectivity index (χ3n) is 8.80. The normalized spacial score (nSPS) is 22.5. The minimum Gasteiger partial charge on any atom is -0.508 e. The van der Waals surface area contributed by atoms with E-state index in [2.05, 4.69) is 24.5 Å². The van der Waals surface area contributed by atoms with Crippen molar-refractivity contribution < 1.29 is 24.5 Å². The summed E-state index contributed by atoms with van der Waals surface area (Å²) in [6.07, 6.45) is 8.10. The fourth-order valence-corrected chi connectivity index (χ4v) is 6.78. The van der Waals surface area contributed by atoms with Crippen LogP contribution in [0.5, 0.6) is 17.2 Å². The van der Waals surface area contributed by atoms with E-state index in [4.69, 9.17) is 9.47 Å². The van der Waals surface area contributed by atoms with E-state index in [0.29, 0.717) is 32.2 Å². The predicted molar refractivity (Wildman–Crippen MR) is 156 cm³/mol. The summed E-state index contributed by atoms with van der Waals surface area (Å²) in [4.78, 5) is 15.5. The van der Waals surface area contributed by atoms with Gasteiger partial charge in [-0.25, -0.2) is 0 Å². The van der Waals surface area contributed by atoms with E-state index < -0.39 is 0 Å². The molecule has 0 radical (unpaired) electrons. The number of nitrogens with one attached hydrogen (secondary N) is 2. The number of carbonyl (C=O) groups is 1. The van der Waals surface area contributed by atoms with Gasteiger partial charge >= 0.3 is 0 Å². The van der Waals surface area contributed by atoms with Crippen molar-refractivity contribution in [2.24, 2.45) is 11.8 Å². The van der Waals surface area contributed by atoms with Crippen LogP contribution in [0.3, 0.4) is 0 Å². The van der Waals surface area contributed by atoms with Crippen LogP contribution in [0.2, 0.25) is 0 Å². The lowest BCUT2D eigenvalue weighted by Crippen LogP contribution is -2.43. The molecule has 2 fully saturated rings. The van der Waals surface area contributed by atoms with Gasteiger partial charge in [0.25, 0.3) is 5.91 Å². The van der Waals surface area contributed by atoms with Gasteiger partial charge in [-0.2, -0.15) is 0 Å². The number of phenols is 2. The molecule has 3 heterocycles. The number of ether oxygens (including phenoxy) is 2. The molecular formula is C32H45N3O5. The molecule has 5 rings (SSSR count). The fourth-order valence-electron chi connectivity index (χ4n) is 6.78. The number of benzene rings is 2. The second kappa shape index (κ2) is 13.1. The first-order chi connectivity index (χ1) is 19.5. The zero-order valence-electron chi connectivity index (χ0n) is 24.0. The van der Waals surface area contributed by atoms with E-state index in [9.17, 15) is 15.0 Å². The molecule has 0 bridgehead atoms. The molecule has 0 saturated carbocycles. The number of fused-ring (bicyclic) bond motifs is 1. The van der Waals surface area contributed by atoms with Gasteiger partial charge in [0.05, 0.1) is 12.6 Å². The van der Waals surface area contributed by atoms with Gasteiger partial charge in [0, 0.05) is 43.6 Å². The van der Waals surface area contributed by atoms with Gasteiger partial charge in [0.1, 0.15) is 29.4 Å². The molecule has 3 atom stereocenters. The zero-order chi connectivity index (χ0) is 28.1. The molecular weight excluding hydrogens is 506 g/mol. The monoisotopic (exact) mass is 551 g/mol. The van der Waals surface area contributed by atoms with Crippen molar-refractivity contribution in [2.45, 2.75) is 84.0 Å². The largest absolute Gasteiger partial charge is 0.508 e. The van der Waals surface area contributed by atoms with E-state index in [-0.39, 0.29) is 40.8 Å². The number of phenolic OH excluding ortho intramolecular Hbond substituents is 2. The van der Waals surface area contributed by atoms with E-state index >= 15 is 0 Å². The minimum absolute atomic E-state index is 0.103. The van der Waals surface area contributed by atoms with Crippen LogP contribution in [-0.2, 0) is 17.8 Å². The second-order valence-electron chi connectivity index (χ2n) is 11.7. The Bertz CT molecular complexity index is 1160. The molecule has 3 unspecified atom stereocenters. The van der Waals surface area contributed by atoms with Crippen molar-refractivity contribution in [3.63, 3.8) is 0 Å². The van der Waals surface area contributed by atoms with E-state index in [1.807, 2.05) is 18.2 Å². The molecule has 0 spiro atoms. The molecule has 3 aliphatic rings. The van der Waals surface area contributed by atoms with Crippen molar-refractivity contribution in [1.82, 2.24) is 10.2 Å². The average Bonchev–Trinajstić information content (AvgIpc) is 3.62. The maximum Gasteiger partial charge on any atom is 0.262 e. The van der Waals surface area contributed by atoms with Gasteiger partial charge in [-0.3, -0.25) is 4.79 Å². The summed E-state index contributed by atoms with van der Waals surface area (Å²) in [7, 11) is 0. The summed E-state index contributed by atoms with van der Waals surface area (Å²) in [6.45, 7) is 8.19. The first-order valence-corrected chi connectivity index (χ1v) is 15.1. The van der Waals surface area contributed by atoms with Gasteiger partial charge in [-0.1, -0.05) is 51.7 Å². The van der Waals surface area contributed by atoms with Gasteiger partial charge in [0.15, 0.2) is 0 Å². The molecule has 3 aliphatic heterocycles. The van der Waals surface area contributed by atoms with Crippen LogP contribution in [0.1, 0.15) is 80.3 Å². The van der Waals surface area contributed by atoms with Crippen molar-refractivity contribution in [2.75, 3.05) is 31.7 Å². The highest BCUT2D eigenvalue weighted by molar-refractivity contribution is 6.00. The number of carbonyl (C=O) groups excluding carboxylic acids is 1. The Labute approximate surface area is 238 Å². The van der Waals surface area contributed by atoms with Crippen LogP contribution in [0.4, 0.5) is 5.69 Å². The van der Waals surface area contributed by atoms with Gasteiger partial charge in [0.2, 0.25) is 0 Å². The average molecular weight is 552 g/mol. The van der Waals surface area contributed by atoms with Gasteiger partial charge < -0.3 is 35.2 Å². The van der Waals surface area contributed by atoms with Crippen molar-refractivity contribution in [1.29, 1.82) is 0 Å². The van der Waals surface area contributed by atoms with Gasteiger partial charge in [-0.05, 0) is 54.8 Å². The highest BCUT2D eigenvalue weighted by Crippen LogP contribution is 2.38. The number of piperidine rings is 1. The van der Waals surface area contributed by atoms with Crippen LogP contribution >= 0.6 is 0 Å². The second-order valence-corrected chi connectivity index (χ2v) is 11.7. The molecule has 218 valence electrons. The van der Waals surface area contributed by atoms with Gasteiger partial charge in [-0.15, -0.1) is 0 Å². The van der Waals surface area contributed by atoms with E-state index in [0.717, 1.165) is 48.7 Å². The Hall–Kier alpha value is -2.97. The van der Waals surface area contributed by atoms with Crippen LogP contribution in [0.15, 0.2) is 30.3 Å². The Morgan fingerprint density at radius 1 is 1.18 bits per heavy atom. The Kier molecular flexibility index (Phi) is 9.37. The molecule has 4 N–H and O–H groups in total. The molecule has 1 amide bonds. The smallest absolute Gasteiger partial charge is 0.262 e. The van der Waals surface area contributed by atoms with Crippen molar-refractivity contribution in [3.8, 4) is 17.2 Å². The first kappa shape index (κ1) is 28.6. The molecule has 2 aromatic carbocycles. The molecule has 8 heteroatoms. The van der Waals surface area contributed by atoms with Crippen LogP contribution in [-0.4, -0.2) is 59.5 Å². The van der Waals surface area contributed by atoms with Crippen LogP contribution in [0.25, 0.3) is 0 Å². The number of aromatic hydroxyl groups is 2. The van der Waals surface area contributed by atoms with E-state index in [1.54, 1.807) is 4.90 Å². The molecule has 2 aromatic rings. The number of amides is 1. The molecule has 0 aromatic heterocycles. The predicted octanol–water partition coefficient (Wildman–Crippen LogP) is 5.42. The Morgan fingerprint density at radius 3 is 2.75 bits per heavy atom. The van der Waals surface area contributed by atoms with Crippen molar-refractivity contribution >= 4 is 11.6 Å². The topological polar surface area (TPSA) is 103 Å². The number of rotatable bonds is 11. The fraction of sp³-hybridized carbons (Fsp3) is 0.594. The van der Waals surface area contributed by atoms with Crippen LogP contribution in [0, 0.1) is 11.8 Å². The quantitative estimate of drug-likeness (QED) is 0.296. The molecule has 2 saturated heterocycles. The lowest BCUT2D eigenvalue weighted by Gasteiger charge is -2.35. The Morgan fingerprint density at radius 2 is 2.00 bits per heavy atom. The summed E-state index contributed by atoms with van der Waals surface area (Å²) in [5.41, 5.74) is 3.31. The lowest BCUT2D eigenvalue weighted by atomic mass is 9.78. The third kappa shape index (κ3) is 6.50. The number of hydrogen-bond acceptors (Lipinski definition) is 7. The summed E-state index contributed by atoms with van der Waals surface area (Å²) in [5.74, 6) is 0.924. The molecule has 0 aliphatic carbocycles. The van der Waals surface area contributed by atoms with Crippen LogP contribution < -0.4 is 15.4 Å². The summed E-state index contributed by atoms with van der Waals surface area (Å²) in [5, 5.41) is 28.2. The number of nitrogens with zero attached hydrogens (tertiary/aromatic N) is 1. The maximum atomic E-state index is 13.8. The number of hydrogen-bond donors (Lipinski definition) is 4. The highest BCUT2D eigenvalue weighted by atomic mass is 16.5. The summed E-state index contributed by atoms with van der Waals surface area (Å²) in [6, 6.07) is 9.19. The lowest BCUT2D eigenvalue weighted by molar-refractivity contribution is 0.0742.